The molecule has 1 aliphatic rings. The molecule has 0 aliphatic carbocycles. The minimum Gasteiger partial charge on any atom is -0.344 e. The number of anilines is 1. The molecule has 0 bridgehead atoms. The van der Waals surface area contributed by atoms with E-state index >= 15 is 0 Å². The first-order chi connectivity index (χ1) is 11.9. The molecule has 0 spiro atoms. The molecule has 1 aliphatic heterocycles. The fourth-order valence-electron chi connectivity index (χ4n) is 3.27. The molecule has 2 aromatic rings. The lowest BCUT2D eigenvalue weighted by molar-refractivity contribution is -0.135. The van der Waals surface area contributed by atoms with E-state index < -0.39 is 5.92 Å². The number of likely N-dealkylation sites (tertiary alicyclic amines) is 1. The van der Waals surface area contributed by atoms with Crippen molar-refractivity contribution < 1.29 is 9.59 Å². The Morgan fingerprint density at radius 1 is 1.36 bits per heavy atom. The van der Waals surface area contributed by atoms with Crippen molar-refractivity contribution in [2.75, 3.05) is 18.9 Å². The standard InChI is InChI=1S/C18H21ClN4O2/c1-4-11-7-5-6-8-13(11)20-17(24)16-12(10-22(2)18(16)25)14-9-15(19)23(3)21-14/h5-9,12,16H,4,10H2,1-3H3,(H,20,24)/t12-,16+/m1/s1. The number of carbonyl (C=O) groups is 2. The van der Waals surface area contributed by atoms with Crippen LogP contribution in [0.4, 0.5) is 5.69 Å². The van der Waals surface area contributed by atoms with Gasteiger partial charge in [0.25, 0.3) is 0 Å². The van der Waals surface area contributed by atoms with Gasteiger partial charge in [0.05, 0.1) is 5.69 Å². The molecule has 0 unspecified atom stereocenters. The van der Waals surface area contributed by atoms with Crippen molar-refractivity contribution in [2.45, 2.75) is 19.3 Å². The van der Waals surface area contributed by atoms with Crippen LogP contribution in [0.25, 0.3) is 0 Å². The highest BCUT2D eigenvalue weighted by Gasteiger charge is 2.45. The zero-order chi connectivity index (χ0) is 18.1. The fourth-order valence-corrected chi connectivity index (χ4v) is 3.42. The van der Waals surface area contributed by atoms with Gasteiger partial charge in [-0.25, -0.2) is 0 Å². The second-order valence-electron chi connectivity index (χ2n) is 6.32. The van der Waals surface area contributed by atoms with Crippen molar-refractivity contribution in [1.82, 2.24) is 14.7 Å². The highest BCUT2D eigenvalue weighted by atomic mass is 35.5. The number of amides is 2. The van der Waals surface area contributed by atoms with E-state index in [1.54, 1.807) is 29.7 Å². The number of halogens is 1. The molecule has 1 aromatic heterocycles. The number of hydrogen-bond donors (Lipinski definition) is 1. The molecule has 0 radical (unpaired) electrons. The highest BCUT2D eigenvalue weighted by molar-refractivity contribution is 6.29. The second-order valence-corrected chi connectivity index (χ2v) is 6.71. The summed E-state index contributed by atoms with van der Waals surface area (Å²) < 4.78 is 1.54. The van der Waals surface area contributed by atoms with E-state index in [9.17, 15) is 9.59 Å². The first-order valence-corrected chi connectivity index (χ1v) is 8.63. The first kappa shape index (κ1) is 17.5. The summed E-state index contributed by atoms with van der Waals surface area (Å²) in [6, 6.07) is 9.34. The van der Waals surface area contributed by atoms with Gasteiger partial charge in [0.2, 0.25) is 11.8 Å². The van der Waals surface area contributed by atoms with Crippen molar-refractivity contribution in [3.63, 3.8) is 0 Å². The molecule has 0 saturated carbocycles. The molecule has 7 heteroatoms. The van der Waals surface area contributed by atoms with E-state index in [0.717, 1.165) is 17.7 Å². The molecule has 25 heavy (non-hydrogen) atoms. The normalized spacial score (nSPS) is 20.2. The largest absolute Gasteiger partial charge is 0.344 e. The number of benzene rings is 1. The van der Waals surface area contributed by atoms with Crippen LogP contribution in [0.3, 0.4) is 0 Å². The van der Waals surface area contributed by atoms with Gasteiger partial charge in [0, 0.05) is 32.2 Å². The summed E-state index contributed by atoms with van der Waals surface area (Å²) in [6.07, 6.45) is 0.800. The average Bonchev–Trinajstić information content (AvgIpc) is 3.08. The molecule has 132 valence electrons. The van der Waals surface area contributed by atoms with Crippen molar-refractivity contribution in [3.8, 4) is 0 Å². The maximum Gasteiger partial charge on any atom is 0.237 e. The number of aryl methyl sites for hydroxylation is 2. The van der Waals surface area contributed by atoms with Crippen LogP contribution in [0, 0.1) is 5.92 Å². The summed E-state index contributed by atoms with van der Waals surface area (Å²) >= 11 is 6.08. The smallest absolute Gasteiger partial charge is 0.237 e. The number of nitrogens with zero attached hydrogens (tertiary/aromatic N) is 3. The van der Waals surface area contributed by atoms with E-state index in [1.807, 2.05) is 31.2 Å². The Kier molecular flexibility index (Phi) is 4.81. The monoisotopic (exact) mass is 360 g/mol. The van der Waals surface area contributed by atoms with Gasteiger partial charge in [0.15, 0.2) is 0 Å². The number of aromatic nitrogens is 2. The summed E-state index contributed by atoms with van der Waals surface area (Å²) in [5.74, 6) is -1.62. The van der Waals surface area contributed by atoms with E-state index in [0.29, 0.717) is 17.4 Å². The van der Waals surface area contributed by atoms with E-state index in [2.05, 4.69) is 10.4 Å². The topological polar surface area (TPSA) is 67.2 Å². The van der Waals surface area contributed by atoms with Crippen LogP contribution >= 0.6 is 11.6 Å². The zero-order valence-electron chi connectivity index (χ0n) is 14.5. The SMILES string of the molecule is CCc1ccccc1NC(=O)[C@H]1C(=O)N(C)C[C@@H]1c1cc(Cl)n(C)n1. The Bertz CT molecular complexity index is 798. The summed E-state index contributed by atoms with van der Waals surface area (Å²) in [5, 5.41) is 7.76. The van der Waals surface area contributed by atoms with Crippen molar-refractivity contribution in [1.29, 1.82) is 0 Å². The zero-order valence-corrected chi connectivity index (χ0v) is 15.2. The molecule has 1 N–H and O–H groups in total. The maximum atomic E-state index is 12.9. The quantitative estimate of drug-likeness (QED) is 0.851. The molecular formula is C18H21ClN4O2. The van der Waals surface area contributed by atoms with Crippen LogP contribution < -0.4 is 5.32 Å². The van der Waals surface area contributed by atoms with Crippen LogP contribution in [0.2, 0.25) is 5.15 Å². The summed E-state index contributed by atoms with van der Waals surface area (Å²) in [7, 11) is 3.44. The Morgan fingerprint density at radius 3 is 2.72 bits per heavy atom. The Balaban J connectivity index is 1.89. The molecule has 1 aromatic carbocycles. The van der Waals surface area contributed by atoms with Crippen LogP contribution in [-0.2, 0) is 23.1 Å². The Morgan fingerprint density at radius 2 is 2.08 bits per heavy atom. The molecule has 1 fully saturated rings. The predicted molar refractivity (Wildman–Crippen MR) is 96.5 cm³/mol. The minimum atomic E-state index is -0.805. The Labute approximate surface area is 151 Å². The summed E-state index contributed by atoms with van der Waals surface area (Å²) in [5.41, 5.74) is 2.44. The number of para-hydroxylation sites is 1. The maximum absolute atomic E-state index is 12.9. The lowest BCUT2D eigenvalue weighted by Crippen LogP contribution is -2.33. The van der Waals surface area contributed by atoms with Crippen LogP contribution in [-0.4, -0.2) is 40.1 Å². The van der Waals surface area contributed by atoms with E-state index in [-0.39, 0.29) is 17.7 Å². The number of rotatable bonds is 4. The number of nitrogens with one attached hydrogen (secondary N) is 1. The lowest BCUT2D eigenvalue weighted by Gasteiger charge is -2.16. The van der Waals surface area contributed by atoms with Gasteiger partial charge in [0.1, 0.15) is 11.1 Å². The molecule has 3 rings (SSSR count). The van der Waals surface area contributed by atoms with Crippen molar-refractivity contribution >= 4 is 29.1 Å². The predicted octanol–water partition coefficient (Wildman–Crippen LogP) is 2.45. The summed E-state index contributed by atoms with van der Waals surface area (Å²) in [6.45, 7) is 2.47. The summed E-state index contributed by atoms with van der Waals surface area (Å²) in [4.78, 5) is 27.0. The molecule has 2 heterocycles. The Hall–Kier alpha value is -2.34. The first-order valence-electron chi connectivity index (χ1n) is 8.25. The lowest BCUT2D eigenvalue weighted by atomic mass is 9.91. The van der Waals surface area contributed by atoms with Crippen molar-refractivity contribution in [2.24, 2.45) is 13.0 Å². The number of carbonyl (C=O) groups excluding carboxylic acids is 2. The van der Waals surface area contributed by atoms with Crippen LogP contribution in [0.15, 0.2) is 30.3 Å². The highest BCUT2D eigenvalue weighted by Crippen LogP contribution is 2.34. The molecule has 2 atom stereocenters. The molecule has 2 amide bonds. The van der Waals surface area contributed by atoms with Crippen LogP contribution in [0.5, 0.6) is 0 Å². The molecule has 6 nitrogen and oxygen atoms in total. The van der Waals surface area contributed by atoms with E-state index in [1.165, 1.54) is 0 Å². The van der Waals surface area contributed by atoms with Gasteiger partial charge in [-0.1, -0.05) is 36.7 Å². The number of likely N-dealkylation sites (N-methyl/N-ethyl adjacent to an activating group) is 1. The van der Waals surface area contributed by atoms with Gasteiger partial charge in [-0.05, 0) is 24.1 Å². The minimum absolute atomic E-state index is 0.196. The van der Waals surface area contributed by atoms with Crippen molar-refractivity contribution in [3.05, 3.63) is 46.7 Å². The van der Waals surface area contributed by atoms with E-state index in [4.69, 9.17) is 11.6 Å². The molecule has 1 saturated heterocycles. The second kappa shape index (κ2) is 6.88. The van der Waals surface area contributed by atoms with Gasteiger partial charge < -0.3 is 10.2 Å². The van der Waals surface area contributed by atoms with Crippen LogP contribution in [0.1, 0.15) is 24.1 Å². The third kappa shape index (κ3) is 3.26. The van der Waals surface area contributed by atoms with Gasteiger partial charge in [-0.2, -0.15) is 5.10 Å². The van der Waals surface area contributed by atoms with Gasteiger partial charge >= 0.3 is 0 Å². The van der Waals surface area contributed by atoms with Gasteiger partial charge in [-0.3, -0.25) is 14.3 Å². The fraction of sp³-hybridized carbons (Fsp3) is 0.389. The average molecular weight is 361 g/mol. The van der Waals surface area contributed by atoms with Gasteiger partial charge in [-0.15, -0.1) is 0 Å². The number of hydrogen-bond acceptors (Lipinski definition) is 3. The molecular weight excluding hydrogens is 340 g/mol. The third-order valence-corrected chi connectivity index (χ3v) is 5.03. The third-order valence-electron chi connectivity index (χ3n) is 4.68.